The first-order chi connectivity index (χ1) is 9.58. The zero-order chi connectivity index (χ0) is 15.8. The van der Waals surface area contributed by atoms with Crippen LogP contribution < -0.4 is 5.32 Å². The summed E-state index contributed by atoms with van der Waals surface area (Å²) in [4.78, 5) is -0.00754. The van der Waals surface area contributed by atoms with Crippen LogP contribution in [0.4, 0.5) is 17.6 Å². The van der Waals surface area contributed by atoms with E-state index in [1.165, 1.54) is 13.0 Å². The maximum atomic E-state index is 13.3. The van der Waals surface area contributed by atoms with Crippen LogP contribution in [0.1, 0.15) is 31.4 Å². The third-order valence-corrected chi connectivity index (χ3v) is 5.20. The predicted octanol–water partition coefficient (Wildman–Crippen LogP) is 2.97. The van der Waals surface area contributed by atoms with Crippen LogP contribution in [0.15, 0.2) is 23.1 Å². The van der Waals surface area contributed by atoms with Gasteiger partial charge in [0.25, 0.3) is 0 Å². The number of rotatable bonds is 3. The van der Waals surface area contributed by atoms with Gasteiger partial charge in [0.1, 0.15) is 5.82 Å². The molecule has 21 heavy (non-hydrogen) atoms. The fourth-order valence-electron chi connectivity index (χ4n) is 2.54. The molecular formula is C13H15F4NO2S. The van der Waals surface area contributed by atoms with E-state index in [1.54, 1.807) is 0 Å². The lowest BCUT2D eigenvalue weighted by Gasteiger charge is -2.29. The minimum atomic E-state index is -4.31. The van der Waals surface area contributed by atoms with E-state index in [0.717, 1.165) is 12.1 Å². The highest BCUT2D eigenvalue weighted by atomic mass is 32.2. The number of nitrogens with one attached hydrogen (secondary N) is 1. The van der Waals surface area contributed by atoms with E-state index in [0.29, 0.717) is 0 Å². The minimum Gasteiger partial charge on any atom is -0.307 e. The lowest BCUT2D eigenvalue weighted by atomic mass is 10.0. The van der Waals surface area contributed by atoms with E-state index >= 15 is 0 Å². The molecule has 2 unspecified atom stereocenters. The first kappa shape index (κ1) is 16.2. The van der Waals surface area contributed by atoms with Crippen LogP contribution in [0, 0.1) is 5.82 Å². The van der Waals surface area contributed by atoms with Gasteiger partial charge in [0, 0.05) is 12.1 Å². The number of sulfone groups is 1. The van der Waals surface area contributed by atoms with Crippen molar-refractivity contribution >= 4 is 9.84 Å². The predicted molar refractivity (Wildman–Crippen MR) is 69.1 cm³/mol. The largest absolute Gasteiger partial charge is 0.390 e. The van der Waals surface area contributed by atoms with Crippen LogP contribution in [0.3, 0.4) is 0 Å². The average molecular weight is 325 g/mol. The summed E-state index contributed by atoms with van der Waals surface area (Å²) in [6, 6.07) is 1.80. The Morgan fingerprint density at radius 2 is 2.05 bits per heavy atom. The number of fused-ring (bicyclic) bond motifs is 1. The van der Waals surface area contributed by atoms with Crippen LogP contribution in [0.5, 0.6) is 0 Å². The molecule has 0 fully saturated rings. The Balaban J connectivity index is 2.26. The van der Waals surface area contributed by atoms with Crippen LogP contribution in [-0.4, -0.2) is 26.4 Å². The topological polar surface area (TPSA) is 46.2 Å². The Hall–Kier alpha value is -1.15. The van der Waals surface area contributed by atoms with Gasteiger partial charge < -0.3 is 5.32 Å². The summed E-state index contributed by atoms with van der Waals surface area (Å²) in [6.07, 6.45) is -5.21. The third kappa shape index (κ3) is 3.94. The van der Waals surface area contributed by atoms with Gasteiger partial charge in [0.05, 0.1) is 17.1 Å². The summed E-state index contributed by atoms with van der Waals surface area (Å²) in [5.74, 6) is -0.775. The first-order valence-electron chi connectivity index (χ1n) is 6.43. The Morgan fingerprint density at radius 1 is 1.38 bits per heavy atom. The average Bonchev–Trinajstić information content (AvgIpc) is 2.30. The molecule has 0 bridgehead atoms. The second-order valence-electron chi connectivity index (χ2n) is 5.23. The lowest BCUT2D eigenvalue weighted by molar-refractivity contribution is -0.139. The SMILES string of the molecule is CC(CC(F)(F)F)NC1CCS(=O)(=O)c2ccc(F)cc21. The number of halogens is 4. The van der Waals surface area contributed by atoms with Gasteiger partial charge >= 0.3 is 6.18 Å². The molecule has 118 valence electrons. The van der Waals surface area contributed by atoms with E-state index in [1.807, 2.05) is 0 Å². The van der Waals surface area contributed by atoms with Gasteiger partial charge in [-0.15, -0.1) is 0 Å². The van der Waals surface area contributed by atoms with E-state index in [2.05, 4.69) is 5.32 Å². The van der Waals surface area contributed by atoms with Crippen molar-refractivity contribution in [2.45, 2.75) is 42.9 Å². The number of benzene rings is 1. The van der Waals surface area contributed by atoms with Gasteiger partial charge in [0.15, 0.2) is 9.84 Å². The van der Waals surface area contributed by atoms with Crippen molar-refractivity contribution in [1.29, 1.82) is 0 Å². The van der Waals surface area contributed by atoms with Crippen LogP contribution >= 0.6 is 0 Å². The molecule has 1 aromatic rings. The molecule has 0 saturated carbocycles. The fraction of sp³-hybridized carbons (Fsp3) is 0.538. The second kappa shape index (κ2) is 5.57. The molecular weight excluding hydrogens is 310 g/mol. The molecule has 1 N–H and O–H groups in total. The molecule has 0 amide bonds. The number of hydrogen-bond donors (Lipinski definition) is 1. The highest BCUT2D eigenvalue weighted by Crippen LogP contribution is 2.33. The van der Waals surface area contributed by atoms with E-state index in [4.69, 9.17) is 0 Å². The van der Waals surface area contributed by atoms with E-state index in [-0.39, 0.29) is 22.6 Å². The number of alkyl halides is 3. The second-order valence-corrected chi connectivity index (χ2v) is 7.31. The van der Waals surface area contributed by atoms with Crippen molar-refractivity contribution in [3.8, 4) is 0 Å². The van der Waals surface area contributed by atoms with Gasteiger partial charge in [-0.1, -0.05) is 0 Å². The summed E-state index contributed by atoms with van der Waals surface area (Å²) >= 11 is 0. The maximum Gasteiger partial charge on any atom is 0.390 e. The molecule has 0 aromatic heterocycles. The summed E-state index contributed by atoms with van der Waals surface area (Å²) in [5, 5.41) is 2.75. The molecule has 0 radical (unpaired) electrons. The molecule has 1 aliphatic heterocycles. The molecule has 8 heteroatoms. The van der Waals surface area contributed by atoms with Crippen molar-refractivity contribution in [1.82, 2.24) is 5.32 Å². The molecule has 0 spiro atoms. The molecule has 2 rings (SSSR count). The minimum absolute atomic E-state index is 0.00754. The van der Waals surface area contributed by atoms with Crippen molar-refractivity contribution in [3.05, 3.63) is 29.6 Å². The zero-order valence-corrected chi connectivity index (χ0v) is 12.1. The Morgan fingerprint density at radius 3 is 2.67 bits per heavy atom. The van der Waals surface area contributed by atoms with Crippen LogP contribution in [0.2, 0.25) is 0 Å². The van der Waals surface area contributed by atoms with Gasteiger partial charge in [-0.05, 0) is 37.1 Å². The summed E-state index contributed by atoms with van der Waals surface area (Å²) in [5.41, 5.74) is 0.204. The quantitative estimate of drug-likeness (QED) is 0.686. The maximum absolute atomic E-state index is 13.3. The Bertz CT molecular complexity index is 628. The third-order valence-electron chi connectivity index (χ3n) is 3.38. The summed E-state index contributed by atoms with van der Waals surface area (Å²) in [7, 11) is -3.49. The molecule has 2 atom stereocenters. The van der Waals surface area contributed by atoms with Crippen LogP contribution in [0.25, 0.3) is 0 Å². The molecule has 1 heterocycles. The molecule has 0 saturated heterocycles. The van der Waals surface area contributed by atoms with Crippen molar-refractivity contribution < 1.29 is 26.0 Å². The van der Waals surface area contributed by atoms with Crippen molar-refractivity contribution in [3.63, 3.8) is 0 Å². The Kier molecular flexibility index (Phi) is 4.30. The van der Waals surface area contributed by atoms with Gasteiger partial charge in [0.2, 0.25) is 0 Å². The molecule has 1 aliphatic rings. The zero-order valence-electron chi connectivity index (χ0n) is 11.2. The molecule has 3 nitrogen and oxygen atoms in total. The van der Waals surface area contributed by atoms with Crippen molar-refractivity contribution in [2.75, 3.05) is 5.75 Å². The van der Waals surface area contributed by atoms with Gasteiger partial charge in [-0.3, -0.25) is 0 Å². The summed E-state index contributed by atoms with van der Waals surface area (Å²) < 4.78 is 74.2. The number of hydrogen-bond acceptors (Lipinski definition) is 3. The van der Waals surface area contributed by atoms with E-state index in [9.17, 15) is 26.0 Å². The van der Waals surface area contributed by atoms with E-state index < -0.39 is 40.3 Å². The molecule has 1 aromatic carbocycles. The van der Waals surface area contributed by atoms with Crippen LogP contribution in [-0.2, 0) is 9.84 Å². The molecule has 0 aliphatic carbocycles. The summed E-state index contributed by atoms with van der Waals surface area (Å²) in [6.45, 7) is 1.37. The standard InChI is InChI=1S/C13H15F4NO2S/c1-8(7-13(15,16)17)18-11-4-5-21(19,20)12-3-2-9(14)6-10(11)12/h2-3,6,8,11,18H,4-5,7H2,1H3. The van der Waals surface area contributed by atoms with Crippen molar-refractivity contribution in [2.24, 2.45) is 0 Å². The Labute approximate surface area is 120 Å². The smallest absolute Gasteiger partial charge is 0.307 e. The highest BCUT2D eigenvalue weighted by molar-refractivity contribution is 7.91. The first-order valence-corrected chi connectivity index (χ1v) is 8.09. The van der Waals surface area contributed by atoms with Gasteiger partial charge in [-0.2, -0.15) is 13.2 Å². The van der Waals surface area contributed by atoms with Gasteiger partial charge in [-0.25, -0.2) is 12.8 Å². The monoisotopic (exact) mass is 325 g/mol. The normalized spacial score (nSPS) is 22.6. The highest BCUT2D eigenvalue weighted by Gasteiger charge is 2.34. The fourth-order valence-corrected chi connectivity index (χ4v) is 4.14. The lowest BCUT2D eigenvalue weighted by Crippen LogP contribution is -2.37.